The lowest BCUT2D eigenvalue weighted by Crippen LogP contribution is -2.41. The van der Waals surface area contributed by atoms with Crippen LogP contribution in [0.25, 0.3) is 11.3 Å². The number of nitrogens with one attached hydrogen (secondary N) is 2. The van der Waals surface area contributed by atoms with Gasteiger partial charge in [0.2, 0.25) is 10.0 Å². The number of ether oxygens (including phenoxy) is 1. The van der Waals surface area contributed by atoms with E-state index in [0.29, 0.717) is 22.6 Å². The summed E-state index contributed by atoms with van der Waals surface area (Å²) in [4.78, 5) is 21.1. The van der Waals surface area contributed by atoms with Crippen molar-refractivity contribution in [1.29, 1.82) is 0 Å². The molecule has 1 amide bonds. The highest BCUT2D eigenvalue weighted by molar-refractivity contribution is 7.88. The van der Waals surface area contributed by atoms with E-state index in [-0.39, 0.29) is 5.75 Å². The third-order valence-electron chi connectivity index (χ3n) is 4.30. The maximum Gasteiger partial charge on any atom is 0.256 e. The molecular weight excluding hydrogens is 428 g/mol. The molecule has 2 aromatic carbocycles. The van der Waals surface area contributed by atoms with Crippen molar-refractivity contribution in [3.8, 4) is 17.0 Å². The molecule has 3 aromatic rings. The minimum atomic E-state index is -3.55. The second-order valence-corrected chi connectivity index (χ2v) is 10.0. The monoisotopic (exact) mass is 454 g/mol. The zero-order valence-electron chi connectivity index (χ0n) is 18.4. The number of benzene rings is 2. The highest BCUT2D eigenvalue weighted by Crippen LogP contribution is 2.22. The van der Waals surface area contributed by atoms with Crippen LogP contribution in [-0.4, -0.2) is 36.9 Å². The van der Waals surface area contributed by atoms with Crippen molar-refractivity contribution in [1.82, 2.24) is 14.7 Å². The van der Waals surface area contributed by atoms with Gasteiger partial charge in [-0.25, -0.2) is 23.1 Å². The van der Waals surface area contributed by atoms with Crippen molar-refractivity contribution in [2.45, 2.75) is 32.1 Å². The summed E-state index contributed by atoms with van der Waals surface area (Å²) in [5.74, 6) is 0.451. The van der Waals surface area contributed by atoms with Gasteiger partial charge in [0.1, 0.15) is 17.9 Å². The minimum absolute atomic E-state index is 0.222. The van der Waals surface area contributed by atoms with E-state index >= 15 is 0 Å². The van der Waals surface area contributed by atoms with Gasteiger partial charge in [-0.2, -0.15) is 0 Å². The van der Waals surface area contributed by atoms with Crippen LogP contribution in [-0.2, 0) is 15.8 Å². The van der Waals surface area contributed by atoms with E-state index in [1.54, 1.807) is 58.2 Å². The molecule has 0 bridgehead atoms. The largest absolute Gasteiger partial charge is 0.497 e. The number of nitrogens with zero attached hydrogens (tertiary/aromatic N) is 2. The number of aromatic nitrogens is 2. The van der Waals surface area contributed by atoms with Gasteiger partial charge in [-0.15, -0.1) is 0 Å². The number of methoxy groups -OCH3 is 1. The first-order valence-corrected chi connectivity index (χ1v) is 11.6. The first-order valence-electron chi connectivity index (χ1n) is 9.93. The van der Waals surface area contributed by atoms with E-state index in [4.69, 9.17) is 4.74 Å². The smallest absolute Gasteiger partial charge is 0.256 e. The molecule has 1 aromatic heterocycles. The Hall–Kier alpha value is -3.30. The molecule has 0 fully saturated rings. The fraction of sp³-hybridized carbons (Fsp3) is 0.261. The summed E-state index contributed by atoms with van der Waals surface area (Å²) >= 11 is 0. The lowest BCUT2D eigenvalue weighted by Gasteiger charge is -2.20. The zero-order valence-corrected chi connectivity index (χ0v) is 19.2. The Balaban J connectivity index is 1.74. The topological polar surface area (TPSA) is 110 Å². The van der Waals surface area contributed by atoms with Gasteiger partial charge in [0, 0.05) is 22.7 Å². The first-order chi connectivity index (χ1) is 15.0. The lowest BCUT2D eigenvalue weighted by molar-refractivity contribution is 0.102. The van der Waals surface area contributed by atoms with Gasteiger partial charge in [-0.05, 0) is 62.7 Å². The van der Waals surface area contributed by atoms with Gasteiger partial charge in [0.05, 0.1) is 18.6 Å². The summed E-state index contributed by atoms with van der Waals surface area (Å²) in [6.07, 6.45) is 1.37. The van der Waals surface area contributed by atoms with Crippen LogP contribution in [0, 0.1) is 0 Å². The molecule has 0 saturated carbocycles. The van der Waals surface area contributed by atoms with Gasteiger partial charge in [0.15, 0.2) is 0 Å². The van der Waals surface area contributed by atoms with Gasteiger partial charge >= 0.3 is 0 Å². The van der Waals surface area contributed by atoms with Crippen molar-refractivity contribution < 1.29 is 17.9 Å². The van der Waals surface area contributed by atoms with E-state index in [1.165, 1.54) is 6.33 Å². The van der Waals surface area contributed by atoms with Crippen molar-refractivity contribution >= 4 is 21.7 Å². The molecule has 0 saturated heterocycles. The van der Waals surface area contributed by atoms with E-state index in [2.05, 4.69) is 20.0 Å². The Bertz CT molecular complexity index is 1200. The number of hydrogen-bond acceptors (Lipinski definition) is 6. The van der Waals surface area contributed by atoms with Gasteiger partial charge < -0.3 is 10.1 Å². The van der Waals surface area contributed by atoms with Crippen molar-refractivity contribution in [3.05, 3.63) is 72.1 Å². The fourth-order valence-corrected chi connectivity index (χ4v) is 4.68. The van der Waals surface area contributed by atoms with E-state index < -0.39 is 21.5 Å². The number of rotatable bonds is 7. The van der Waals surface area contributed by atoms with E-state index in [9.17, 15) is 13.2 Å². The quantitative estimate of drug-likeness (QED) is 0.564. The molecule has 0 radical (unpaired) electrons. The Morgan fingerprint density at radius 3 is 2.41 bits per heavy atom. The van der Waals surface area contributed by atoms with Crippen LogP contribution in [0.4, 0.5) is 5.82 Å². The molecule has 3 rings (SSSR count). The molecule has 0 aliphatic rings. The zero-order chi connectivity index (χ0) is 23.4. The predicted molar refractivity (Wildman–Crippen MR) is 124 cm³/mol. The van der Waals surface area contributed by atoms with Crippen molar-refractivity contribution in [2.24, 2.45) is 0 Å². The molecule has 0 aliphatic heterocycles. The molecule has 8 nitrogen and oxygen atoms in total. The van der Waals surface area contributed by atoms with Crippen LogP contribution < -0.4 is 14.8 Å². The summed E-state index contributed by atoms with van der Waals surface area (Å²) < 4.78 is 32.5. The van der Waals surface area contributed by atoms with E-state index in [1.807, 2.05) is 24.3 Å². The maximum atomic E-state index is 12.7. The summed E-state index contributed by atoms with van der Waals surface area (Å²) in [5.41, 5.74) is 1.75. The summed E-state index contributed by atoms with van der Waals surface area (Å²) in [7, 11) is -1.95. The average Bonchev–Trinajstić information content (AvgIpc) is 2.72. The molecule has 32 heavy (non-hydrogen) atoms. The molecule has 168 valence electrons. The number of carbonyl (C=O) groups excluding carboxylic acids is 1. The van der Waals surface area contributed by atoms with Gasteiger partial charge in [0.25, 0.3) is 5.91 Å². The third-order valence-corrected chi connectivity index (χ3v) is 5.94. The average molecular weight is 455 g/mol. The van der Waals surface area contributed by atoms with Gasteiger partial charge in [-0.3, -0.25) is 4.79 Å². The first kappa shape index (κ1) is 23.4. The van der Waals surface area contributed by atoms with Crippen molar-refractivity contribution in [3.63, 3.8) is 0 Å². The van der Waals surface area contributed by atoms with Gasteiger partial charge in [-0.1, -0.05) is 12.1 Å². The maximum absolute atomic E-state index is 12.7. The number of anilines is 1. The normalized spacial score (nSPS) is 11.8. The fourth-order valence-electron chi connectivity index (χ4n) is 3.06. The molecule has 1 heterocycles. The Kier molecular flexibility index (Phi) is 6.90. The van der Waals surface area contributed by atoms with Crippen LogP contribution in [0.2, 0.25) is 0 Å². The predicted octanol–water partition coefficient (Wildman–Crippen LogP) is 3.62. The highest BCUT2D eigenvalue weighted by Gasteiger charge is 2.20. The van der Waals surface area contributed by atoms with Crippen LogP contribution in [0.5, 0.6) is 5.75 Å². The van der Waals surface area contributed by atoms with Crippen LogP contribution in [0.1, 0.15) is 36.7 Å². The summed E-state index contributed by atoms with van der Waals surface area (Å²) in [6.45, 7) is 5.32. The molecule has 0 aliphatic carbocycles. The van der Waals surface area contributed by atoms with Crippen molar-refractivity contribution in [2.75, 3.05) is 12.4 Å². The highest BCUT2D eigenvalue weighted by atomic mass is 32.2. The minimum Gasteiger partial charge on any atom is -0.497 e. The molecule has 2 N–H and O–H groups in total. The van der Waals surface area contributed by atoms with E-state index in [0.717, 1.165) is 11.3 Å². The molecule has 0 spiro atoms. The number of sulfonamides is 1. The molecule has 0 atom stereocenters. The standard InChI is InChI=1S/C23H26N4O4S/c1-23(2,3)27-32(29,30)14-16-6-5-7-18(12-16)22(28)26-21-13-20(24-15-25-21)17-8-10-19(31-4)11-9-17/h5-13,15,27H,14H2,1-4H3,(H,24,25,26,28). The molecule has 9 heteroatoms. The number of carbonyl (C=O) groups is 1. The summed E-state index contributed by atoms with van der Waals surface area (Å²) in [6, 6.07) is 15.5. The van der Waals surface area contributed by atoms with Crippen LogP contribution >= 0.6 is 0 Å². The number of amides is 1. The molecular formula is C23H26N4O4S. The SMILES string of the molecule is COc1ccc(-c2cc(NC(=O)c3cccc(CS(=O)(=O)NC(C)(C)C)c3)ncn2)cc1. The molecule has 0 unspecified atom stereocenters. The lowest BCUT2D eigenvalue weighted by atomic mass is 10.1. The second kappa shape index (κ2) is 9.46. The number of hydrogen-bond donors (Lipinski definition) is 2. The Labute approximate surface area is 188 Å². The van der Waals surface area contributed by atoms with Crippen LogP contribution in [0.15, 0.2) is 60.9 Å². The second-order valence-electron chi connectivity index (χ2n) is 8.28. The summed E-state index contributed by atoms with van der Waals surface area (Å²) in [5, 5.41) is 2.74. The van der Waals surface area contributed by atoms with Crippen LogP contribution in [0.3, 0.4) is 0 Å². The Morgan fingerprint density at radius 2 is 1.75 bits per heavy atom. The Morgan fingerprint density at radius 1 is 1.03 bits per heavy atom. The third kappa shape index (κ3) is 6.60.